The number of esters is 1. The topological polar surface area (TPSA) is 90.4 Å². The van der Waals surface area contributed by atoms with Crippen molar-refractivity contribution in [2.75, 3.05) is 13.2 Å². The highest BCUT2D eigenvalue weighted by Crippen LogP contribution is 2.14. The Morgan fingerprint density at radius 1 is 1.15 bits per heavy atom. The molecule has 0 fully saturated rings. The van der Waals surface area contributed by atoms with Gasteiger partial charge in [0.15, 0.2) is 12.3 Å². The number of nitrogens with one attached hydrogen (secondary N) is 1. The molecule has 1 amide bonds. The Hall–Kier alpha value is -3.10. The number of aromatic nitrogens is 2. The van der Waals surface area contributed by atoms with Gasteiger partial charge in [-0.05, 0) is 31.0 Å². The van der Waals surface area contributed by atoms with Crippen LogP contribution in [-0.2, 0) is 16.0 Å². The SMILES string of the molecule is Cc1cnc(C(=O)OCC(=O)NCCc2ccc(OC(F)F)cc2)cn1. The lowest BCUT2D eigenvalue weighted by molar-refractivity contribution is -0.124. The van der Waals surface area contributed by atoms with Crippen LogP contribution in [0.2, 0.25) is 0 Å². The minimum Gasteiger partial charge on any atom is -0.451 e. The fraction of sp³-hybridized carbons (Fsp3) is 0.294. The lowest BCUT2D eigenvalue weighted by atomic mass is 10.1. The number of amides is 1. The summed E-state index contributed by atoms with van der Waals surface area (Å²) < 4.78 is 33.2. The van der Waals surface area contributed by atoms with Crippen molar-refractivity contribution in [3.63, 3.8) is 0 Å². The number of carbonyl (C=O) groups is 2. The third kappa shape index (κ3) is 6.42. The second kappa shape index (κ2) is 9.40. The summed E-state index contributed by atoms with van der Waals surface area (Å²) in [5, 5.41) is 2.59. The first-order valence-corrected chi connectivity index (χ1v) is 7.70. The van der Waals surface area contributed by atoms with Gasteiger partial charge in [0, 0.05) is 12.7 Å². The zero-order chi connectivity index (χ0) is 18.9. The van der Waals surface area contributed by atoms with E-state index in [9.17, 15) is 18.4 Å². The summed E-state index contributed by atoms with van der Waals surface area (Å²) in [5.74, 6) is -1.13. The number of benzene rings is 1. The molecule has 1 aromatic carbocycles. The molecule has 0 aliphatic heterocycles. The summed E-state index contributed by atoms with van der Waals surface area (Å²) in [4.78, 5) is 31.1. The van der Waals surface area contributed by atoms with Crippen LogP contribution in [0.3, 0.4) is 0 Å². The fourth-order valence-electron chi connectivity index (χ4n) is 1.94. The summed E-state index contributed by atoms with van der Waals surface area (Å²) in [6, 6.07) is 6.10. The number of halogens is 2. The number of hydrogen-bond donors (Lipinski definition) is 1. The molecule has 138 valence electrons. The molecule has 1 aromatic heterocycles. The Bertz CT molecular complexity index is 737. The summed E-state index contributed by atoms with van der Waals surface area (Å²) in [6.45, 7) is -1.27. The Balaban J connectivity index is 1.68. The number of alkyl halides is 2. The van der Waals surface area contributed by atoms with E-state index >= 15 is 0 Å². The molecule has 0 saturated carbocycles. The molecule has 0 bridgehead atoms. The Morgan fingerprint density at radius 2 is 1.88 bits per heavy atom. The van der Waals surface area contributed by atoms with E-state index < -0.39 is 25.1 Å². The first-order valence-electron chi connectivity index (χ1n) is 7.70. The number of ether oxygens (including phenoxy) is 2. The lowest BCUT2D eigenvalue weighted by Gasteiger charge is -2.08. The van der Waals surface area contributed by atoms with Crippen molar-refractivity contribution in [2.45, 2.75) is 20.0 Å². The second-order valence-corrected chi connectivity index (χ2v) is 5.24. The zero-order valence-corrected chi connectivity index (χ0v) is 13.9. The fourth-order valence-corrected chi connectivity index (χ4v) is 1.94. The molecule has 0 aliphatic carbocycles. The largest absolute Gasteiger partial charge is 0.451 e. The van der Waals surface area contributed by atoms with E-state index in [2.05, 4.69) is 20.0 Å². The molecule has 2 aromatic rings. The summed E-state index contributed by atoms with van der Waals surface area (Å²) in [5.41, 5.74) is 1.52. The van der Waals surface area contributed by atoms with Crippen LogP contribution in [0, 0.1) is 6.92 Å². The van der Waals surface area contributed by atoms with Crippen molar-refractivity contribution in [1.29, 1.82) is 0 Å². The minimum absolute atomic E-state index is 0.0227. The maximum absolute atomic E-state index is 12.1. The zero-order valence-electron chi connectivity index (χ0n) is 13.9. The molecule has 7 nitrogen and oxygen atoms in total. The van der Waals surface area contributed by atoms with E-state index in [1.165, 1.54) is 24.5 Å². The van der Waals surface area contributed by atoms with Crippen molar-refractivity contribution < 1.29 is 27.8 Å². The highest BCUT2D eigenvalue weighted by atomic mass is 19.3. The molecule has 0 saturated heterocycles. The van der Waals surface area contributed by atoms with E-state index in [0.717, 1.165) is 5.56 Å². The molecule has 1 N–H and O–H groups in total. The monoisotopic (exact) mass is 365 g/mol. The number of carbonyl (C=O) groups excluding carboxylic acids is 2. The Kier molecular flexibility index (Phi) is 6.95. The third-order valence-electron chi connectivity index (χ3n) is 3.21. The number of hydrogen-bond acceptors (Lipinski definition) is 6. The highest BCUT2D eigenvalue weighted by molar-refractivity contribution is 5.89. The van der Waals surface area contributed by atoms with Crippen LogP contribution >= 0.6 is 0 Å². The van der Waals surface area contributed by atoms with Gasteiger partial charge in [0.1, 0.15) is 5.75 Å². The molecule has 9 heteroatoms. The molecular weight excluding hydrogens is 348 g/mol. The summed E-state index contributed by atoms with van der Waals surface area (Å²) in [7, 11) is 0. The van der Waals surface area contributed by atoms with E-state index in [-0.39, 0.29) is 11.4 Å². The van der Waals surface area contributed by atoms with E-state index in [0.29, 0.717) is 18.7 Å². The van der Waals surface area contributed by atoms with Crippen LogP contribution in [0.5, 0.6) is 5.75 Å². The molecule has 0 atom stereocenters. The van der Waals surface area contributed by atoms with Crippen LogP contribution < -0.4 is 10.1 Å². The minimum atomic E-state index is -2.87. The first kappa shape index (κ1) is 19.2. The molecule has 0 radical (unpaired) electrons. The second-order valence-electron chi connectivity index (χ2n) is 5.24. The predicted octanol–water partition coefficient (Wildman–Crippen LogP) is 1.90. The lowest BCUT2D eigenvalue weighted by Crippen LogP contribution is -2.30. The van der Waals surface area contributed by atoms with E-state index in [1.807, 2.05) is 0 Å². The molecule has 0 unspecified atom stereocenters. The highest BCUT2D eigenvalue weighted by Gasteiger charge is 2.11. The van der Waals surface area contributed by atoms with Crippen molar-refractivity contribution in [3.05, 3.63) is 53.6 Å². The molecular formula is C17H17F2N3O4. The van der Waals surface area contributed by atoms with Gasteiger partial charge in [-0.1, -0.05) is 12.1 Å². The van der Waals surface area contributed by atoms with Crippen molar-refractivity contribution in [1.82, 2.24) is 15.3 Å². The van der Waals surface area contributed by atoms with Crippen LogP contribution in [0.25, 0.3) is 0 Å². The van der Waals surface area contributed by atoms with Gasteiger partial charge in [-0.15, -0.1) is 0 Å². The van der Waals surface area contributed by atoms with Crippen molar-refractivity contribution in [2.24, 2.45) is 0 Å². The summed E-state index contributed by atoms with van der Waals surface area (Å²) >= 11 is 0. The number of rotatable bonds is 8. The van der Waals surface area contributed by atoms with Gasteiger partial charge in [-0.3, -0.25) is 9.78 Å². The maximum Gasteiger partial charge on any atom is 0.387 e. The maximum atomic E-state index is 12.1. The van der Waals surface area contributed by atoms with E-state index in [4.69, 9.17) is 4.74 Å². The van der Waals surface area contributed by atoms with Crippen LogP contribution in [-0.4, -0.2) is 41.6 Å². The summed E-state index contributed by atoms with van der Waals surface area (Å²) in [6.07, 6.45) is 3.18. The average molecular weight is 365 g/mol. The predicted molar refractivity (Wildman–Crippen MR) is 86.8 cm³/mol. The molecule has 1 heterocycles. The van der Waals surface area contributed by atoms with Crippen molar-refractivity contribution in [3.8, 4) is 5.75 Å². The van der Waals surface area contributed by atoms with Gasteiger partial charge in [-0.2, -0.15) is 8.78 Å². The van der Waals surface area contributed by atoms with Gasteiger partial charge >= 0.3 is 12.6 Å². The third-order valence-corrected chi connectivity index (χ3v) is 3.21. The van der Waals surface area contributed by atoms with Crippen LogP contribution in [0.4, 0.5) is 8.78 Å². The normalized spacial score (nSPS) is 10.5. The average Bonchev–Trinajstić information content (AvgIpc) is 2.61. The number of nitrogens with zero attached hydrogens (tertiary/aromatic N) is 2. The molecule has 2 rings (SSSR count). The van der Waals surface area contributed by atoms with Gasteiger partial charge < -0.3 is 14.8 Å². The van der Waals surface area contributed by atoms with Crippen LogP contribution in [0.1, 0.15) is 21.7 Å². The first-order chi connectivity index (χ1) is 12.4. The molecule has 0 aliphatic rings. The number of aryl methyl sites for hydroxylation is 1. The quantitative estimate of drug-likeness (QED) is 0.719. The molecule has 0 spiro atoms. The van der Waals surface area contributed by atoms with E-state index in [1.54, 1.807) is 19.1 Å². The van der Waals surface area contributed by atoms with Crippen molar-refractivity contribution >= 4 is 11.9 Å². The Labute approximate surface area is 148 Å². The van der Waals surface area contributed by atoms with Crippen LogP contribution in [0.15, 0.2) is 36.7 Å². The standard InChI is InChI=1S/C17H17F2N3O4/c1-11-8-22-14(9-21-11)16(24)25-10-15(23)20-7-6-12-2-4-13(5-3-12)26-17(18)19/h2-5,8-9,17H,6-7,10H2,1H3,(H,20,23). The smallest absolute Gasteiger partial charge is 0.387 e. The van der Waals surface area contributed by atoms with Gasteiger partial charge in [0.05, 0.1) is 11.9 Å². The van der Waals surface area contributed by atoms with Gasteiger partial charge in [0.25, 0.3) is 5.91 Å². The van der Waals surface area contributed by atoms with Gasteiger partial charge in [0.2, 0.25) is 0 Å². The molecule has 26 heavy (non-hydrogen) atoms. The Morgan fingerprint density at radius 3 is 2.50 bits per heavy atom. The van der Waals surface area contributed by atoms with Gasteiger partial charge in [-0.25, -0.2) is 9.78 Å².